The van der Waals surface area contributed by atoms with Gasteiger partial charge < -0.3 is 5.32 Å². The van der Waals surface area contributed by atoms with Crippen molar-refractivity contribution in [1.29, 1.82) is 0 Å². The first-order valence-electron chi connectivity index (χ1n) is 7.04. The lowest BCUT2D eigenvalue weighted by molar-refractivity contribution is -0.125. The molecule has 1 atom stereocenters. The van der Waals surface area contributed by atoms with Crippen LogP contribution in [0.5, 0.6) is 0 Å². The molecule has 2 aliphatic heterocycles. The molecule has 0 radical (unpaired) electrons. The maximum absolute atomic E-state index is 11.5. The first-order valence-corrected chi connectivity index (χ1v) is 7.04. The molecule has 0 aliphatic carbocycles. The van der Waals surface area contributed by atoms with Gasteiger partial charge in [0.2, 0.25) is 5.91 Å². The van der Waals surface area contributed by atoms with Gasteiger partial charge in [0, 0.05) is 31.5 Å². The molecule has 3 heterocycles. The summed E-state index contributed by atoms with van der Waals surface area (Å²) in [5, 5.41) is 6.78. The van der Waals surface area contributed by atoms with E-state index in [-0.39, 0.29) is 18.5 Å². The van der Waals surface area contributed by atoms with E-state index >= 15 is 0 Å². The second kappa shape index (κ2) is 5.62. The highest BCUT2D eigenvalue weighted by molar-refractivity contribution is 6.01. The summed E-state index contributed by atoms with van der Waals surface area (Å²) in [6, 6.07) is 2.10. The van der Waals surface area contributed by atoms with Gasteiger partial charge in [-0.15, -0.1) is 0 Å². The van der Waals surface area contributed by atoms with E-state index in [4.69, 9.17) is 0 Å². The molecule has 2 fully saturated rings. The van der Waals surface area contributed by atoms with Crippen LogP contribution < -0.4 is 5.32 Å². The zero-order valence-corrected chi connectivity index (χ0v) is 11.4. The fourth-order valence-corrected chi connectivity index (χ4v) is 2.93. The van der Waals surface area contributed by atoms with Crippen molar-refractivity contribution in [2.24, 2.45) is 0 Å². The Kier molecular flexibility index (Phi) is 3.68. The molecule has 0 bridgehead atoms. The molecule has 1 unspecified atom stereocenters. The second-order valence-corrected chi connectivity index (χ2v) is 5.26. The van der Waals surface area contributed by atoms with Crippen LogP contribution in [-0.4, -0.2) is 63.7 Å². The van der Waals surface area contributed by atoms with E-state index in [1.165, 1.54) is 4.90 Å². The first kappa shape index (κ1) is 13.1. The Morgan fingerprint density at radius 1 is 1.35 bits per heavy atom. The van der Waals surface area contributed by atoms with Gasteiger partial charge in [-0.25, -0.2) is 4.79 Å². The van der Waals surface area contributed by atoms with Crippen molar-refractivity contribution in [3.8, 4) is 0 Å². The summed E-state index contributed by atoms with van der Waals surface area (Å²) in [6.45, 7) is 3.24. The normalized spacial score (nSPS) is 23.6. The molecule has 0 spiro atoms. The smallest absolute Gasteiger partial charge is 0.324 e. The number of nitrogens with zero attached hydrogens (tertiary/aromatic N) is 4. The monoisotopic (exact) mass is 277 g/mol. The number of aromatic nitrogens is 2. The van der Waals surface area contributed by atoms with Crippen molar-refractivity contribution in [3.05, 3.63) is 18.5 Å². The predicted octanol–water partition coefficient (Wildman–Crippen LogP) is -0.101. The van der Waals surface area contributed by atoms with Gasteiger partial charge in [-0.05, 0) is 25.5 Å². The minimum absolute atomic E-state index is 0.127. The number of nitrogens with one attached hydrogen (secondary N) is 1. The van der Waals surface area contributed by atoms with Gasteiger partial charge in [0.25, 0.3) is 0 Å². The zero-order valence-electron chi connectivity index (χ0n) is 11.4. The third kappa shape index (κ3) is 2.67. The lowest BCUT2D eigenvalue weighted by atomic mass is 10.2. The van der Waals surface area contributed by atoms with Crippen molar-refractivity contribution in [2.45, 2.75) is 25.4 Å². The number of hydrogen-bond donors (Lipinski definition) is 1. The average Bonchev–Trinajstić information content (AvgIpc) is 3.14. The van der Waals surface area contributed by atoms with Crippen LogP contribution in [0.15, 0.2) is 18.5 Å². The Morgan fingerprint density at radius 2 is 2.25 bits per heavy atom. The van der Waals surface area contributed by atoms with Crippen molar-refractivity contribution in [3.63, 3.8) is 0 Å². The van der Waals surface area contributed by atoms with E-state index in [0.29, 0.717) is 12.6 Å². The number of rotatable bonds is 5. The van der Waals surface area contributed by atoms with Gasteiger partial charge in [-0.3, -0.25) is 19.3 Å². The number of carbonyl (C=O) groups excluding carboxylic acids is 2. The molecule has 7 nitrogen and oxygen atoms in total. The molecule has 108 valence electrons. The SMILES string of the molecule is O=C1CNC(=O)N1CCN1CCCC1Cn1cccn1. The Bertz CT molecular complexity index is 471. The number of hydrogen-bond acceptors (Lipinski definition) is 4. The van der Waals surface area contributed by atoms with Gasteiger partial charge in [0.1, 0.15) is 0 Å². The van der Waals surface area contributed by atoms with Crippen molar-refractivity contribution in [1.82, 2.24) is 24.9 Å². The molecule has 3 amide bonds. The highest BCUT2D eigenvalue weighted by Gasteiger charge is 2.30. The van der Waals surface area contributed by atoms with Crippen molar-refractivity contribution < 1.29 is 9.59 Å². The molecule has 2 aliphatic rings. The Balaban J connectivity index is 1.53. The molecular formula is C13H19N5O2. The molecule has 2 saturated heterocycles. The molecule has 1 aromatic heterocycles. The second-order valence-electron chi connectivity index (χ2n) is 5.26. The quantitative estimate of drug-likeness (QED) is 0.763. The lowest BCUT2D eigenvalue weighted by Crippen LogP contribution is -2.41. The number of urea groups is 1. The summed E-state index contributed by atoms with van der Waals surface area (Å²) in [5.41, 5.74) is 0. The van der Waals surface area contributed by atoms with Gasteiger partial charge >= 0.3 is 6.03 Å². The van der Waals surface area contributed by atoms with Gasteiger partial charge in [0.15, 0.2) is 0 Å². The molecule has 7 heteroatoms. The van der Waals surface area contributed by atoms with E-state index in [1.54, 1.807) is 6.20 Å². The lowest BCUT2D eigenvalue weighted by Gasteiger charge is -2.26. The van der Waals surface area contributed by atoms with E-state index in [9.17, 15) is 9.59 Å². The van der Waals surface area contributed by atoms with Gasteiger partial charge in [-0.2, -0.15) is 5.10 Å². The van der Waals surface area contributed by atoms with E-state index in [2.05, 4.69) is 15.3 Å². The Hall–Kier alpha value is -1.89. The molecular weight excluding hydrogens is 258 g/mol. The largest absolute Gasteiger partial charge is 0.329 e. The van der Waals surface area contributed by atoms with Crippen LogP contribution in [0.25, 0.3) is 0 Å². The highest BCUT2D eigenvalue weighted by atomic mass is 16.2. The summed E-state index contributed by atoms with van der Waals surface area (Å²) in [7, 11) is 0. The summed E-state index contributed by atoms with van der Waals surface area (Å²) in [6.07, 6.45) is 6.05. The van der Waals surface area contributed by atoms with Crippen LogP contribution in [-0.2, 0) is 11.3 Å². The number of likely N-dealkylation sites (tertiary alicyclic amines) is 1. The molecule has 0 saturated carbocycles. The topological polar surface area (TPSA) is 70.5 Å². The van der Waals surface area contributed by atoms with Crippen LogP contribution >= 0.6 is 0 Å². The van der Waals surface area contributed by atoms with Crippen LogP contribution in [0.3, 0.4) is 0 Å². The fraction of sp³-hybridized carbons (Fsp3) is 0.615. The number of amides is 3. The predicted molar refractivity (Wildman–Crippen MR) is 71.9 cm³/mol. The average molecular weight is 277 g/mol. The standard InChI is InChI=1S/C13H19N5O2/c19-12-9-14-13(20)18(12)8-7-16-5-1-3-11(16)10-17-6-2-4-15-17/h2,4,6,11H,1,3,5,7-10H2,(H,14,20). The number of imide groups is 1. The zero-order chi connectivity index (χ0) is 13.9. The summed E-state index contributed by atoms with van der Waals surface area (Å²) >= 11 is 0. The summed E-state index contributed by atoms with van der Waals surface area (Å²) < 4.78 is 1.94. The number of carbonyl (C=O) groups is 2. The van der Waals surface area contributed by atoms with Crippen LogP contribution in [0.2, 0.25) is 0 Å². The highest BCUT2D eigenvalue weighted by Crippen LogP contribution is 2.18. The summed E-state index contributed by atoms with van der Waals surface area (Å²) in [4.78, 5) is 26.7. The third-order valence-electron chi connectivity index (χ3n) is 4.00. The molecule has 20 heavy (non-hydrogen) atoms. The Labute approximate surface area is 117 Å². The van der Waals surface area contributed by atoms with Gasteiger partial charge in [-0.1, -0.05) is 0 Å². The van der Waals surface area contributed by atoms with E-state index in [1.807, 2.05) is 16.9 Å². The first-order chi connectivity index (χ1) is 9.74. The minimum atomic E-state index is -0.266. The van der Waals surface area contributed by atoms with Crippen LogP contribution in [0, 0.1) is 0 Å². The molecule has 1 aromatic rings. The van der Waals surface area contributed by atoms with Crippen LogP contribution in [0.1, 0.15) is 12.8 Å². The van der Waals surface area contributed by atoms with Crippen molar-refractivity contribution in [2.75, 3.05) is 26.2 Å². The maximum Gasteiger partial charge on any atom is 0.324 e. The van der Waals surface area contributed by atoms with Crippen molar-refractivity contribution >= 4 is 11.9 Å². The van der Waals surface area contributed by atoms with Crippen LogP contribution in [0.4, 0.5) is 4.79 Å². The maximum atomic E-state index is 11.5. The van der Waals surface area contributed by atoms with Gasteiger partial charge in [0.05, 0.1) is 13.1 Å². The molecule has 0 aromatic carbocycles. The van der Waals surface area contributed by atoms with E-state index < -0.39 is 0 Å². The fourth-order valence-electron chi connectivity index (χ4n) is 2.93. The third-order valence-corrected chi connectivity index (χ3v) is 4.00. The molecule has 1 N–H and O–H groups in total. The van der Waals surface area contributed by atoms with E-state index in [0.717, 1.165) is 32.5 Å². The minimum Gasteiger partial charge on any atom is -0.329 e. The Morgan fingerprint density at radius 3 is 2.95 bits per heavy atom. The molecule has 3 rings (SSSR count). The summed E-state index contributed by atoms with van der Waals surface area (Å²) in [5.74, 6) is -0.127.